The maximum absolute atomic E-state index is 12.8. The van der Waals surface area contributed by atoms with Crippen molar-refractivity contribution in [3.8, 4) is 0 Å². The Labute approximate surface area is 242 Å². The standard InChI is InChI=1S/C36H51N3O/c40-36(38-32-14-8-3-9-15-32)39-33-24-34(37-25-33)35(30-20-16-28(17-21-30)26-10-4-1-5-11-26)31-22-18-29(19-23-31)27-12-6-2-7-13-27/h16-23,26-27,32-35,37H,1-15,24-25H2,(H2,38,39,40)/t33-,34?/m1/s1. The van der Waals surface area contributed by atoms with Gasteiger partial charge in [0.15, 0.2) is 0 Å². The molecule has 0 bridgehead atoms. The molecule has 2 aromatic carbocycles. The van der Waals surface area contributed by atoms with Crippen LogP contribution in [-0.4, -0.2) is 30.7 Å². The van der Waals surface area contributed by atoms with Gasteiger partial charge in [-0.2, -0.15) is 0 Å². The third kappa shape index (κ3) is 6.93. The fourth-order valence-corrected chi connectivity index (χ4v) is 8.27. The van der Waals surface area contributed by atoms with E-state index in [0.717, 1.165) is 37.6 Å². The van der Waals surface area contributed by atoms with Crippen molar-refractivity contribution in [1.82, 2.24) is 16.0 Å². The Bertz CT molecular complexity index is 1000. The lowest BCUT2D eigenvalue weighted by Crippen LogP contribution is -2.47. The zero-order valence-corrected chi connectivity index (χ0v) is 24.5. The lowest BCUT2D eigenvalue weighted by Gasteiger charge is -2.28. The molecule has 2 aromatic rings. The quantitative estimate of drug-likeness (QED) is 0.330. The Hall–Kier alpha value is -2.33. The Morgan fingerprint density at radius 1 is 0.600 bits per heavy atom. The van der Waals surface area contributed by atoms with E-state index in [1.807, 2.05) is 0 Å². The summed E-state index contributed by atoms with van der Waals surface area (Å²) < 4.78 is 0. The number of amides is 2. The van der Waals surface area contributed by atoms with Gasteiger partial charge in [0.1, 0.15) is 0 Å². The first-order valence-electron chi connectivity index (χ1n) is 16.7. The van der Waals surface area contributed by atoms with Crippen molar-refractivity contribution in [2.24, 2.45) is 0 Å². The van der Waals surface area contributed by atoms with Gasteiger partial charge >= 0.3 is 6.03 Å². The molecular formula is C36H51N3O. The molecule has 4 aliphatic rings. The van der Waals surface area contributed by atoms with Gasteiger partial charge in [0, 0.05) is 30.6 Å². The number of carbonyl (C=O) groups is 1. The van der Waals surface area contributed by atoms with E-state index >= 15 is 0 Å². The fourth-order valence-electron chi connectivity index (χ4n) is 8.27. The Morgan fingerprint density at radius 2 is 1.05 bits per heavy atom. The van der Waals surface area contributed by atoms with Crippen molar-refractivity contribution < 1.29 is 4.79 Å². The Balaban J connectivity index is 1.17. The molecule has 0 spiro atoms. The van der Waals surface area contributed by atoms with E-state index in [0.29, 0.717) is 12.1 Å². The van der Waals surface area contributed by atoms with Crippen molar-refractivity contribution in [1.29, 1.82) is 0 Å². The highest BCUT2D eigenvalue weighted by Crippen LogP contribution is 2.38. The van der Waals surface area contributed by atoms with Crippen molar-refractivity contribution in [3.05, 3.63) is 70.8 Å². The van der Waals surface area contributed by atoms with E-state index in [-0.39, 0.29) is 18.0 Å². The van der Waals surface area contributed by atoms with Crippen LogP contribution in [0.3, 0.4) is 0 Å². The molecule has 1 aliphatic heterocycles. The van der Waals surface area contributed by atoms with Crippen LogP contribution >= 0.6 is 0 Å². The molecule has 3 saturated carbocycles. The predicted octanol–water partition coefficient (Wildman–Crippen LogP) is 8.28. The van der Waals surface area contributed by atoms with Gasteiger partial charge in [-0.1, -0.05) is 106 Å². The van der Waals surface area contributed by atoms with Gasteiger partial charge < -0.3 is 16.0 Å². The lowest BCUT2D eigenvalue weighted by atomic mass is 9.79. The van der Waals surface area contributed by atoms with Crippen LogP contribution in [0.15, 0.2) is 48.5 Å². The van der Waals surface area contributed by atoms with E-state index < -0.39 is 0 Å². The molecule has 1 heterocycles. The first-order valence-corrected chi connectivity index (χ1v) is 16.7. The number of carbonyl (C=O) groups excluding carboxylic acids is 1. The summed E-state index contributed by atoms with van der Waals surface area (Å²) in [5.41, 5.74) is 5.84. The van der Waals surface area contributed by atoms with Crippen molar-refractivity contribution in [3.63, 3.8) is 0 Å². The van der Waals surface area contributed by atoms with Crippen LogP contribution in [0.4, 0.5) is 4.79 Å². The number of hydrogen-bond acceptors (Lipinski definition) is 2. The number of hydrogen-bond donors (Lipinski definition) is 3. The SMILES string of the molecule is O=C(NC1CCCCC1)N[C@H]1CNC(C(c2ccc(C3CCCCC3)cc2)c2ccc(C3CCCCC3)cc2)C1. The van der Waals surface area contributed by atoms with Gasteiger partial charge in [0.05, 0.1) is 0 Å². The molecule has 4 nitrogen and oxygen atoms in total. The van der Waals surface area contributed by atoms with Crippen LogP contribution in [0.5, 0.6) is 0 Å². The smallest absolute Gasteiger partial charge is 0.315 e. The van der Waals surface area contributed by atoms with Crippen LogP contribution in [0, 0.1) is 0 Å². The maximum Gasteiger partial charge on any atom is 0.315 e. The zero-order chi connectivity index (χ0) is 27.1. The van der Waals surface area contributed by atoms with Crippen LogP contribution in [0.2, 0.25) is 0 Å². The second kappa shape index (κ2) is 13.6. The van der Waals surface area contributed by atoms with Crippen LogP contribution < -0.4 is 16.0 Å². The summed E-state index contributed by atoms with van der Waals surface area (Å²) in [5, 5.41) is 10.4. The van der Waals surface area contributed by atoms with Crippen LogP contribution in [-0.2, 0) is 0 Å². The van der Waals surface area contributed by atoms with Gasteiger partial charge in [0.25, 0.3) is 0 Å². The largest absolute Gasteiger partial charge is 0.335 e. The number of nitrogens with one attached hydrogen (secondary N) is 3. The Morgan fingerprint density at radius 3 is 1.55 bits per heavy atom. The monoisotopic (exact) mass is 541 g/mol. The maximum atomic E-state index is 12.8. The fraction of sp³-hybridized carbons (Fsp3) is 0.639. The molecule has 2 amide bonds. The second-order valence-electron chi connectivity index (χ2n) is 13.4. The normalized spacial score (nSPS) is 25.2. The van der Waals surface area contributed by atoms with E-state index in [2.05, 4.69) is 64.5 Å². The predicted molar refractivity (Wildman–Crippen MR) is 165 cm³/mol. The number of benzene rings is 2. The first kappa shape index (κ1) is 27.8. The molecule has 0 radical (unpaired) electrons. The van der Waals surface area contributed by atoms with E-state index in [4.69, 9.17) is 0 Å². The summed E-state index contributed by atoms with van der Waals surface area (Å²) in [5.74, 6) is 1.75. The van der Waals surface area contributed by atoms with Gasteiger partial charge in [-0.15, -0.1) is 0 Å². The molecule has 1 unspecified atom stereocenters. The molecule has 216 valence electrons. The molecule has 3 N–H and O–H groups in total. The topological polar surface area (TPSA) is 53.2 Å². The summed E-state index contributed by atoms with van der Waals surface area (Å²) >= 11 is 0. The molecular weight excluding hydrogens is 490 g/mol. The number of rotatable bonds is 7. The van der Waals surface area contributed by atoms with Gasteiger partial charge in [-0.3, -0.25) is 0 Å². The summed E-state index contributed by atoms with van der Waals surface area (Å²) in [6.07, 6.45) is 20.6. The molecule has 4 fully saturated rings. The summed E-state index contributed by atoms with van der Waals surface area (Å²) in [4.78, 5) is 12.8. The van der Waals surface area contributed by atoms with Crippen LogP contribution in [0.1, 0.15) is 143 Å². The van der Waals surface area contributed by atoms with Crippen molar-refractivity contribution in [2.75, 3.05) is 6.54 Å². The summed E-state index contributed by atoms with van der Waals surface area (Å²) in [6, 6.07) is 20.1. The number of urea groups is 1. The molecule has 6 rings (SSSR count). The molecule has 1 saturated heterocycles. The van der Waals surface area contributed by atoms with Crippen molar-refractivity contribution in [2.45, 2.75) is 139 Å². The van der Waals surface area contributed by atoms with Crippen molar-refractivity contribution >= 4 is 6.03 Å². The highest BCUT2D eigenvalue weighted by Gasteiger charge is 2.34. The zero-order valence-electron chi connectivity index (χ0n) is 24.5. The molecule has 4 heteroatoms. The lowest BCUT2D eigenvalue weighted by molar-refractivity contribution is 0.229. The minimum atomic E-state index is 0.0181. The average Bonchev–Trinajstić information content (AvgIpc) is 3.47. The molecule has 0 aromatic heterocycles. The van der Waals surface area contributed by atoms with Crippen LogP contribution in [0.25, 0.3) is 0 Å². The third-order valence-electron chi connectivity index (χ3n) is 10.6. The highest BCUT2D eigenvalue weighted by atomic mass is 16.2. The second-order valence-corrected chi connectivity index (χ2v) is 13.4. The highest BCUT2D eigenvalue weighted by molar-refractivity contribution is 5.74. The van der Waals surface area contributed by atoms with Gasteiger partial charge in [-0.25, -0.2) is 4.79 Å². The molecule has 2 atom stereocenters. The average molecular weight is 542 g/mol. The Kier molecular flexibility index (Phi) is 9.43. The van der Waals surface area contributed by atoms with Gasteiger partial charge in [0.2, 0.25) is 0 Å². The molecule has 40 heavy (non-hydrogen) atoms. The minimum absolute atomic E-state index is 0.0181. The minimum Gasteiger partial charge on any atom is -0.335 e. The third-order valence-corrected chi connectivity index (χ3v) is 10.6. The van der Waals surface area contributed by atoms with E-state index in [1.165, 1.54) is 106 Å². The van der Waals surface area contributed by atoms with Gasteiger partial charge in [-0.05, 0) is 79.0 Å². The molecule has 3 aliphatic carbocycles. The first-order chi connectivity index (χ1) is 19.7. The summed E-state index contributed by atoms with van der Waals surface area (Å²) in [7, 11) is 0. The van der Waals surface area contributed by atoms with E-state index in [1.54, 1.807) is 0 Å². The summed E-state index contributed by atoms with van der Waals surface area (Å²) in [6.45, 7) is 0.833. The van der Waals surface area contributed by atoms with E-state index in [9.17, 15) is 4.79 Å².